The molecule has 6 heteroatoms. The van der Waals surface area contributed by atoms with E-state index in [2.05, 4.69) is 0 Å². The Hall–Kier alpha value is -3.04. The van der Waals surface area contributed by atoms with Crippen LogP contribution in [0.3, 0.4) is 0 Å². The summed E-state index contributed by atoms with van der Waals surface area (Å²) in [6.45, 7) is 1.41. The minimum absolute atomic E-state index is 0.101. The van der Waals surface area contributed by atoms with E-state index in [1.165, 1.54) is 6.92 Å². The van der Waals surface area contributed by atoms with Gasteiger partial charge < -0.3 is 10.5 Å². The molecule has 27 heavy (non-hydrogen) atoms. The van der Waals surface area contributed by atoms with Crippen molar-refractivity contribution in [3.63, 3.8) is 0 Å². The van der Waals surface area contributed by atoms with Gasteiger partial charge in [-0.25, -0.2) is 13.6 Å². The van der Waals surface area contributed by atoms with E-state index in [0.717, 1.165) is 0 Å². The molecule has 1 unspecified atom stereocenters. The average molecular weight is 370 g/mol. The Kier molecular flexibility index (Phi) is 6.80. The van der Waals surface area contributed by atoms with Crippen molar-refractivity contribution in [1.29, 1.82) is 5.26 Å². The van der Waals surface area contributed by atoms with Crippen molar-refractivity contribution in [3.05, 3.63) is 77.4 Å². The highest BCUT2D eigenvalue weighted by Crippen LogP contribution is 2.36. The molecule has 0 aliphatic carbocycles. The summed E-state index contributed by atoms with van der Waals surface area (Å²) in [5.74, 6) is -1.25. The van der Waals surface area contributed by atoms with E-state index in [4.69, 9.17) is 10.5 Å². The number of hydrogen-bond acceptors (Lipinski definition) is 4. The van der Waals surface area contributed by atoms with Gasteiger partial charge in [-0.1, -0.05) is 60.7 Å². The first kappa shape index (κ1) is 20.3. The Labute approximate surface area is 156 Å². The highest BCUT2D eigenvalue weighted by atomic mass is 19.3. The van der Waals surface area contributed by atoms with Crippen LogP contribution in [0.2, 0.25) is 0 Å². The molecule has 2 aromatic carbocycles. The zero-order valence-corrected chi connectivity index (χ0v) is 14.9. The van der Waals surface area contributed by atoms with Crippen LogP contribution in [0.1, 0.15) is 24.5 Å². The molecule has 2 N–H and O–H groups in total. The summed E-state index contributed by atoms with van der Waals surface area (Å²) < 4.78 is 32.9. The molecule has 0 aromatic heterocycles. The molecule has 0 radical (unpaired) electrons. The second-order valence-corrected chi connectivity index (χ2v) is 5.81. The van der Waals surface area contributed by atoms with Crippen molar-refractivity contribution >= 4 is 11.5 Å². The molecule has 0 saturated carbocycles. The lowest BCUT2D eigenvalue weighted by molar-refractivity contribution is -0.153. The number of alkyl halides is 2. The van der Waals surface area contributed by atoms with Crippen molar-refractivity contribution in [3.8, 4) is 6.07 Å². The Morgan fingerprint density at radius 2 is 1.59 bits per heavy atom. The zero-order chi connectivity index (χ0) is 19.9. The van der Waals surface area contributed by atoms with E-state index in [1.807, 2.05) is 6.07 Å². The number of nitrogens with zero attached hydrogens (tertiary/aromatic N) is 1. The van der Waals surface area contributed by atoms with Gasteiger partial charge in [0.15, 0.2) is 5.54 Å². The molecule has 0 aliphatic heterocycles. The summed E-state index contributed by atoms with van der Waals surface area (Å²) in [4.78, 5) is 12.4. The van der Waals surface area contributed by atoms with Crippen molar-refractivity contribution < 1.29 is 18.3 Å². The quantitative estimate of drug-likeness (QED) is 0.750. The number of nitriles is 1. The number of hydrogen-bond donors (Lipinski definition) is 1. The fourth-order valence-corrected chi connectivity index (χ4v) is 2.84. The van der Waals surface area contributed by atoms with E-state index in [0.29, 0.717) is 16.7 Å². The van der Waals surface area contributed by atoms with Crippen LogP contribution in [0.5, 0.6) is 0 Å². The molecule has 0 spiro atoms. The van der Waals surface area contributed by atoms with E-state index >= 15 is 0 Å². The number of nitrogens with two attached hydrogens (primary N) is 1. The van der Waals surface area contributed by atoms with Gasteiger partial charge in [-0.05, 0) is 29.2 Å². The lowest BCUT2D eigenvalue weighted by atomic mass is 9.80. The second kappa shape index (κ2) is 9.06. The van der Waals surface area contributed by atoms with Gasteiger partial charge in [-0.3, -0.25) is 0 Å². The van der Waals surface area contributed by atoms with E-state index in [-0.39, 0.29) is 12.2 Å². The third-order valence-electron chi connectivity index (χ3n) is 4.14. The van der Waals surface area contributed by atoms with E-state index in [1.54, 1.807) is 60.7 Å². The maximum atomic E-state index is 14.1. The Bertz CT molecular complexity index is 804. The fourth-order valence-electron chi connectivity index (χ4n) is 2.84. The highest BCUT2D eigenvalue weighted by Gasteiger charge is 2.49. The number of ether oxygens (including phenoxy) is 1. The van der Waals surface area contributed by atoms with Gasteiger partial charge >= 0.3 is 5.97 Å². The maximum absolute atomic E-state index is 14.1. The molecule has 0 bridgehead atoms. The van der Waals surface area contributed by atoms with Crippen molar-refractivity contribution in [2.24, 2.45) is 5.73 Å². The van der Waals surface area contributed by atoms with Crippen molar-refractivity contribution in [2.75, 3.05) is 6.61 Å². The predicted molar refractivity (Wildman–Crippen MR) is 98.7 cm³/mol. The van der Waals surface area contributed by atoms with Crippen molar-refractivity contribution in [2.45, 2.75) is 25.3 Å². The van der Waals surface area contributed by atoms with Crippen LogP contribution in [0.4, 0.5) is 8.78 Å². The van der Waals surface area contributed by atoms with Gasteiger partial charge in [-0.15, -0.1) is 0 Å². The standard InChI is InChI=1S/C21H20F2N2O2/c1-2-27-20(26)21(25,19(22)23)17(13-14-24)18(15-9-5-3-6-10-15)16-11-7-4-8-12-16/h3-12,19H,2,13,25H2,1H3. The van der Waals surface area contributed by atoms with Gasteiger partial charge in [0.2, 0.25) is 0 Å². The number of rotatable bonds is 7. The predicted octanol–water partition coefficient (Wildman–Crippen LogP) is 3.93. The molecule has 0 aliphatic rings. The molecule has 140 valence electrons. The second-order valence-electron chi connectivity index (χ2n) is 5.81. The van der Waals surface area contributed by atoms with Crippen LogP contribution in [-0.2, 0) is 9.53 Å². The Morgan fingerprint density at radius 1 is 1.11 bits per heavy atom. The highest BCUT2D eigenvalue weighted by molar-refractivity contribution is 5.93. The first-order valence-corrected chi connectivity index (χ1v) is 8.42. The van der Waals surface area contributed by atoms with Crippen LogP contribution in [0.25, 0.3) is 5.57 Å². The normalized spacial score (nSPS) is 12.7. The van der Waals surface area contributed by atoms with Crippen LogP contribution in [0.15, 0.2) is 66.2 Å². The minimum atomic E-state index is -3.25. The minimum Gasteiger partial charge on any atom is -0.464 e. The third kappa shape index (κ3) is 4.21. The van der Waals surface area contributed by atoms with Gasteiger partial charge in [0, 0.05) is 0 Å². The van der Waals surface area contributed by atoms with E-state index < -0.39 is 24.4 Å². The molecule has 2 rings (SSSR count). The number of esters is 1. The summed E-state index contributed by atoms with van der Waals surface area (Å²) >= 11 is 0. The first-order valence-electron chi connectivity index (χ1n) is 8.42. The lowest BCUT2D eigenvalue weighted by Gasteiger charge is -2.30. The maximum Gasteiger partial charge on any atom is 0.336 e. The monoisotopic (exact) mass is 370 g/mol. The number of carbonyl (C=O) groups is 1. The first-order chi connectivity index (χ1) is 13.0. The molecule has 0 amide bonds. The molecule has 2 aromatic rings. The molecule has 1 atom stereocenters. The third-order valence-corrected chi connectivity index (χ3v) is 4.14. The number of halogens is 2. The molecule has 0 saturated heterocycles. The zero-order valence-electron chi connectivity index (χ0n) is 14.9. The average Bonchev–Trinajstić information content (AvgIpc) is 2.68. The molecular weight excluding hydrogens is 350 g/mol. The van der Waals surface area contributed by atoms with Crippen LogP contribution < -0.4 is 5.73 Å². The number of benzene rings is 2. The summed E-state index contributed by atoms with van der Waals surface area (Å²) in [6.07, 6.45) is -3.69. The smallest absolute Gasteiger partial charge is 0.336 e. The Balaban J connectivity index is 2.87. The van der Waals surface area contributed by atoms with Crippen LogP contribution in [-0.4, -0.2) is 24.5 Å². The summed E-state index contributed by atoms with van der Waals surface area (Å²) in [5.41, 5.74) is 4.53. The molecule has 4 nitrogen and oxygen atoms in total. The largest absolute Gasteiger partial charge is 0.464 e. The topological polar surface area (TPSA) is 76.1 Å². The summed E-state index contributed by atoms with van der Waals surface area (Å²) in [6, 6.07) is 19.3. The van der Waals surface area contributed by atoms with Gasteiger partial charge in [0.1, 0.15) is 0 Å². The van der Waals surface area contributed by atoms with Crippen LogP contribution in [0, 0.1) is 11.3 Å². The van der Waals surface area contributed by atoms with E-state index in [9.17, 15) is 18.8 Å². The molecule has 0 fully saturated rings. The van der Waals surface area contributed by atoms with Gasteiger partial charge in [0.25, 0.3) is 6.43 Å². The summed E-state index contributed by atoms with van der Waals surface area (Å²) in [7, 11) is 0. The SMILES string of the molecule is CCOC(=O)C(N)(C(CC#N)=C(c1ccccc1)c1ccccc1)C(F)F. The van der Waals surface area contributed by atoms with Crippen molar-refractivity contribution in [1.82, 2.24) is 0 Å². The van der Waals surface area contributed by atoms with Gasteiger partial charge in [0.05, 0.1) is 19.1 Å². The molecule has 0 heterocycles. The Morgan fingerprint density at radius 3 is 1.96 bits per heavy atom. The van der Waals surface area contributed by atoms with Gasteiger partial charge in [-0.2, -0.15) is 5.26 Å². The number of carbonyl (C=O) groups excluding carboxylic acids is 1. The summed E-state index contributed by atoms with van der Waals surface area (Å²) in [5, 5.41) is 9.30. The van der Waals surface area contributed by atoms with Crippen LogP contribution >= 0.6 is 0 Å². The lowest BCUT2D eigenvalue weighted by Crippen LogP contribution is -2.57. The molecular formula is C21H20F2N2O2. The fraction of sp³-hybridized carbons (Fsp3) is 0.238.